The van der Waals surface area contributed by atoms with Crippen molar-refractivity contribution in [2.24, 2.45) is 0 Å². The van der Waals surface area contributed by atoms with Gasteiger partial charge < -0.3 is 18.9 Å². The van der Waals surface area contributed by atoms with E-state index in [1.165, 1.54) is 14.2 Å². The number of carbonyl (C=O) groups is 3. The first-order valence-corrected chi connectivity index (χ1v) is 10.1. The second kappa shape index (κ2) is 11.8. The third-order valence-electron chi connectivity index (χ3n) is 4.14. The number of ether oxygens (including phenoxy) is 4. The zero-order valence-corrected chi connectivity index (χ0v) is 18.8. The number of carbonyl (C=O) groups excluding carboxylic acids is 3. The molecule has 1 aromatic heterocycles. The lowest BCUT2D eigenvalue weighted by Gasteiger charge is -2.09. The van der Waals surface area contributed by atoms with Crippen LogP contribution in [0.5, 0.6) is 11.5 Å². The molecule has 0 atom stereocenters. The molecule has 0 unspecified atom stereocenters. The van der Waals surface area contributed by atoms with Gasteiger partial charge in [-0.15, -0.1) is 26.6 Å². The number of halogens is 1. The fourth-order valence-electron chi connectivity index (χ4n) is 2.64. The number of alkyl halides is 1. The maximum atomic E-state index is 13.2. The van der Waals surface area contributed by atoms with Crippen LogP contribution in [0.25, 0.3) is 0 Å². The van der Waals surface area contributed by atoms with Gasteiger partial charge in [0.1, 0.15) is 5.56 Å². The molecule has 13 nitrogen and oxygen atoms in total. The highest BCUT2D eigenvalue weighted by Gasteiger charge is 2.32. The highest BCUT2D eigenvalue weighted by molar-refractivity contribution is 6.18. The standard InChI is InChI=1S/C19H21ClN4O9/c1-4-32-19(27)17-16(21-23(22-17)10-33-15(25)6-5-7-20)18(26)11-8-13(30-2)14(31-3)9-12(11)24(28)29/h8-9H,4-7,10H2,1-3H3. The van der Waals surface area contributed by atoms with Gasteiger partial charge in [-0.05, 0) is 13.3 Å². The van der Waals surface area contributed by atoms with Crippen molar-refractivity contribution in [3.05, 3.63) is 39.2 Å². The molecule has 0 aliphatic heterocycles. The largest absolute Gasteiger partial charge is 0.493 e. The number of nitro groups is 1. The van der Waals surface area contributed by atoms with Gasteiger partial charge in [-0.3, -0.25) is 19.7 Å². The molecular formula is C19H21ClN4O9. The fourth-order valence-corrected chi connectivity index (χ4v) is 2.77. The third kappa shape index (κ3) is 6.16. The zero-order valence-electron chi connectivity index (χ0n) is 18.0. The van der Waals surface area contributed by atoms with E-state index < -0.39 is 52.0 Å². The first-order chi connectivity index (χ1) is 15.8. The van der Waals surface area contributed by atoms with Gasteiger partial charge in [0.15, 0.2) is 17.2 Å². The molecule has 0 amide bonds. The quantitative estimate of drug-likeness (QED) is 0.142. The lowest BCUT2D eigenvalue weighted by atomic mass is 10.0. The normalized spacial score (nSPS) is 10.4. The SMILES string of the molecule is CCOC(=O)c1nn(COC(=O)CCCCl)nc1C(=O)c1cc(OC)c(OC)cc1[N+](=O)[O-]. The Morgan fingerprint density at radius 2 is 1.73 bits per heavy atom. The van der Waals surface area contributed by atoms with E-state index >= 15 is 0 Å². The van der Waals surface area contributed by atoms with Crippen molar-refractivity contribution in [2.75, 3.05) is 26.7 Å². The molecule has 0 bridgehead atoms. The smallest absolute Gasteiger partial charge is 0.361 e. The van der Waals surface area contributed by atoms with Gasteiger partial charge in [-0.1, -0.05) is 0 Å². The van der Waals surface area contributed by atoms with Gasteiger partial charge in [0.25, 0.3) is 5.69 Å². The van der Waals surface area contributed by atoms with Gasteiger partial charge in [0.05, 0.1) is 31.8 Å². The maximum absolute atomic E-state index is 13.2. The molecule has 178 valence electrons. The second-order valence-corrected chi connectivity index (χ2v) is 6.62. The molecular weight excluding hydrogens is 464 g/mol. The molecule has 0 saturated carbocycles. The number of esters is 2. The van der Waals surface area contributed by atoms with Crippen LogP contribution < -0.4 is 9.47 Å². The zero-order chi connectivity index (χ0) is 24.5. The minimum atomic E-state index is -0.995. The van der Waals surface area contributed by atoms with Crippen molar-refractivity contribution < 1.29 is 38.3 Å². The van der Waals surface area contributed by atoms with Crippen LogP contribution in [0, 0.1) is 10.1 Å². The van der Waals surface area contributed by atoms with E-state index in [0.717, 1.165) is 16.9 Å². The summed E-state index contributed by atoms with van der Waals surface area (Å²) in [7, 11) is 2.57. The average molecular weight is 485 g/mol. The van der Waals surface area contributed by atoms with Crippen LogP contribution in [-0.4, -0.2) is 64.3 Å². The number of rotatable bonds is 12. The van der Waals surface area contributed by atoms with E-state index in [4.69, 9.17) is 30.5 Å². The van der Waals surface area contributed by atoms with Crippen LogP contribution in [-0.2, 0) is 21.0 Å². The molecule has 2 aromatic rings. The number of ketones is 1. The highest BCUT2D eigenvalue weighted by atomic mass is 35.5. The van der Waals surface area contributed by atoms with E-state index in [1.54, 1.807) is 6.92 Å². The van der Waals surface area contributed by atoms with E-state index in [9.17, 15) is 24.5 Å². The average Bonchev–Trinajstić information content (AvgIpc) is 3.24. The Hall–Kier alpha value is -3.74. The summed E-state index contributed by atoms with van der Waals surface area (Å²) < 4.78 is 20.0. The molecule has 1 heterocycles. The molecule has 0 aliphatic carbocycles. The lowest BCUT2D eigenvalue weighted by Crippen LogP contribution is -2.14. The Morgan fingerprint density at radius 1 is 1.09 bits per heavy atom. The number of aromatic nitrogens is 3. The molecule has 2 rings (SSSR count). The summed E-state index contributed by atoms with van der Waals surface area (Å²) in [5, 5.41) is 19.3. The van der Waals surface area contributed by atoms with Gasteiger partial charge in [-0.25, -0.2) is 4.79 Å². The highest BCUT2D eigenvalue weighted by Crippen LogP contribution is 2.35. The molecule has 0 spiro atoms. The molecule has 0 fully saturated rings. The third-order valence-corrected chi connectivity index (χ3v) is 4.41. The molecule has 33 heavy (non-hydrogen) atoms. The topological polar surface area (TPSA) is 162 Å². The van der Waals surface area contributed by atoms with E-state index in [-0.39, 0.29) is 30.4 Å². The first-order valence-electron chi connectivity index (χ1n) is 9.56. The summed E-state index contributed by atoms with van der Waals surface area (Å²) in [6.07, 6.45) is 0.451. The van der Waals surface area contributed by atoms with Crippen LogP contribution in [0.4, 0.5) is 5.69 Å². The number of nitrogens with zero attached hydrogens (tertiary/aromatic N) is 4. The molecule has 0 N–H and O–H groups in total. The Labute approximate surface area is 192 Å². The summed E-state index contributed by atoms with van der Waals surface area (Å²) in [5.74, 6) is -2.22. The van der Waals surface area contributed by atoms with E-state index in [0.29, 0.717) is 6.42 Å². The van der Waals surface area contributed by atoms with E-state index in [2.05, 4.69) is 10.2 Å². The number of nitro benzene ring substituents is 1. The van der Waals surface area contributed by atoms with Gasteiger partial charge in [0, 0.05) is 18.4 Å². The monoisotopic (exact) mass is 484 g/mol. The first kappa shape index (κ1) is 25.5. The van der Waals surface area contributed by atoms with Gasteiger partial charge in [-0.2, -0.15) is 0 Å². The Kier molecular flexibility index (Phi) is 9.09. The molecule has 1 aromatic carbocycles. The predicted octanol–water partition coefficient (Wildman–Crippen LogP) is 2.13. The molecule has 0 saturated heterocycles. The Balaban J connectivity index is 2.50. The molecule has 14 heteroatoms. The summed E-state index contributed by atoms with van der Waals surface area (Å²) in [5.41, 5.74) is -2.05. The van der Waals surface area contributed by atoms with Crippen molar-refractivity contribution in [1.29, 1.82) is 0 Å². The van der Waals surface area contributed by atoms with Crippen LogP contribution in [0.1, 0.15) is 46.3 Å². The summed E-state index contributed by atoms with van der Waals surface area (Å²) in [6, 6.07) is 2.11. The lowest BCUT2D eigenvalue weighted by molar-refractivity contribution is -0.385. The van der Waals surface area contributed by atoms with Gasteiger partial charge in [0.2, 0.25) is 18.2 Å². The van der Waals surface area contributed by atoms with Crippen LogP contribution in [0.3, 0.4) is 0 Å². The van der Waals surface area contributed by atoms with Crippen LogP contribution in [0.15, 0.2) is 12.1 Å². The van der Waals surface area contributed by atoms with Crippen molar-refractivity contribution in [3.8, 4) is 11.5 Å². The summed E-state index contributed by atoms with van der Waals surface area (Å²) >= 11 is 5.53. The van der Waals surface area contributed by atoms with Gasteiger partial charge >= 0.3 is 11.9 Å². The van der Waals surface area contributed by atoms with E-state index in [1.807, 2.05) is 0 Å². The summed E-state index contributed by atoms with van der Waals surface area (Å²) in [6.45, 7) is 1.01. The van der Waals surface area contributed by atoms with Crippen molar-refractivity contribution >= 4 is 35.0 Å². The Bertz CT molecular complexity index is 1050. The summed E-state index contributed by atoms with van der Waals surface area (Å²) in [4.78, 5) is 48.8. The number of hydrogen-bond donors (Lipinski definition) is 0. The van der Waals surface area contributed by atoms with Crippen molar-refractivity contribution in [2.45, 2.75) is 26.5 Å². The Morgan fingerprint density at radius 3 is 2.30 bits per heavy atom. The maximum Gasteiger partial charge on any atom is 0.361 e. The number of hydrogen-bond acceptors (Lipinski definition) is 11. The number of methoxy groups -OCH3 is 2. The van der Waals surface area contributed by atoms with Crippen LogP contribution in [0.2, 0.25) is 0 Å². The van der Waals surface area contributed by atoms with Crippen LogP contribution >= 0.6 is 11.6 Å². The minimum Gasteiger partial charge on any atom is -0.493 e. The van der Waals surface area contributed by atoms with Crippen molar-refractivity contribution in [1.82, 2.24) is 15.0 Å². The second-order valence-electron chi connectivity index (χ2n) is 6.24. The minimum absolute atomic E-state index is 0.0246. The predicted molar refractivity (Wildman–Crippen MR) is 112 cm³/mol. The van der Waals surface area contributed by atoms with Crippen molar-refractivity contribution in [3.63, 3.8) is 0 Å². The number of benzene rings is 1. The molecule has 0 aliphatic rings. The fraction of sp³-hybridized carbons (Fsp3) is 0.421. The molecule has 0 radical (unpaired) electrons.